The van der Waals surface area contributed by atoms with Crippen molar-refractivity contribution in [1.29, 1.82) is 0 Å². The molecule has 1 rings (SSSR count). The lowest BCUT2D eigenvalue weighted by Crippen LogP contribution is -2.25. The van der Waals surface area contributed by atoms with Crippen LogP contribution in [-0.2, 0) is 16.0 Å². The fourth-order valence-electron chi connectivity index (χ4n) is 1.46. The van der Waals surface area contributed by atoms with Gasteiger partial charge in [-0.1, -0.05) is 6.07 Å². The van der Waals surface area contributed by atoms with Gasteiger partial charge in [-0.15, -0.1) is 0 Å². The van der Waals surface area contributed by atoms with Gasteiger partial charge in [-0.2, -0.15) is 0 Å². The number of aryl methyl sites for hydroxylation is 1. The van der Waals surface area contributed by atoms with Crippen molar-refractivity contribution in [2.45, 2.75) is 19.4 Å². The van der Waals surface area contributed by atoms with E-state index in [1.807, 2.05) is 0 Å². The standard InChI is InChI=1S/C11H13NO5/c1-7-3-4-9(12(15)16)5-8(7)6-10(17-2)11(13)14/h3-5,10H,6H2,1-2H3,(H,13,14). The van der Waals surface area contributed by atoms with Crippen molar-refractivity contribution >= 4 is 11.7 Å². The van der Waals surface area contributed by atoms with Gasteiger partial charge in [-0.05, 0) is 18.1 Å². The van der Waals surface area contributed by atoms with E-state index in [1.165, 1.54) is 19.2 Å². The molecule has 6 heteroatoms. The third-order valence-corrected chi connectivity index (χ3v) is 2.51. The first-order chi connectivity index (χ1) is 7.95. The number of ether oxygens (including phenoxy) is 1. The summed E-state index contributed by atoms with van der Waals surface area (Å²) < 4.78 is 4.80. The quantitative estimate of drug-likeness (QED) is 0.621. The van der Waals surface area contributed by atoms with Crippen LogP contribution in [0.3, 0.4) is 0 Å². The number of non-ortho nitro benzene ring substituents is 1. The molecule has 0 saturated heterocycles. The average molecular weight is 239 g/mol. The van der Waals surface area contributed by atoms with Crippen molar-refractivity contribution in [2.75, 3.05) is 7.11 Å². The Labute approximate surface area is 98.0 Å². The van der Waals surface area contributed by atoms with E-state index in [-0.39, 0.29) is 12.1 Å². The summed E-state index contributed by atoms with van der Waals surface area (Å²) in [6, 6.07) is 4.37. The highest BCUT2D eigenvalue weighted by Gasteiger charge is 2.19. The van der Waals surface area contributed by atoms with Crippen molar-refractivity contribution in [3.63, 3.8) is 0 Å². The molecule has 0 aromatic heterocycles. The van der Waals surface area contributed by atoms with Crippen LogP contribution in [0.5, 0.6) is 0 Å². The van der Waals surface area contributed by atoms with Crippen LogP contribution in [0.2, 0.25) is 0 Å². The third-order valence-electron chi connectivity index (χ3n) is 2.51. The number of benzene rings is 1. The molecule has 0 amide bonds. The normalized spacial score (nSPS) is 12.1. The van der Waals surface area contributed by atoms with Gasteiger partial charge in [0.2, 0.25) is 0 Å². The van der Waals surface area contributed by atoms with Crippen LogP contribution in [0.1, 0.15) is 11.1 Å². The summed E-state index contributed by atoms with van der Waals surface area (Å²) in [5.74, 6) is -1.08. The molecule has 1 unspecified atom stereocenters. The van der Waals surface area contributed by atoms with Crippen LogP contribution in [0.25, 0.3) is 0 Å². The van der Waals surface area contributed by atoms with Gasteiger partial charge in [0.15, 0.2) is 6.10 Å². The Morgan fingerprint density at radius 2 is 2.24 bits per heavy atom. The Bertz CT molecular complexity index is 443. The number of carboxylic acid groups (broad SMARTS) is 1. The molecule has 0 bridgehead atoms. The molecule has 1 atom stereocenters. The Hall–Kier alpha value is -1.95. The number of carboxylic acids is 1. The van der Waals surface area contributed by atoms with E-state index >= 15 is 0 Å². The molecule has 0 spiro atoms. The van der Waals surface area contributed by atoms with E-state index < -0.39 is 17.0 Å². The Morgan fingerprint density at radius 3 is 2.71 bits per heavy atom. The Balaban J connectivity index is 3.00. The molecule has 0 aliphatic rings. The lowest BCUT2D eigenvalue weighted by atomic mass is 10.0. The number of nitro groups is 1. The minimum atomic E-state index is -1.08. The molecular weight excluding hydrogens is 226 g/mol. The monoisotopic (exact) mass is 239 g/mol. The largest absolute Gasteiger partial charge is 0.479 e. The molecule has 1 N–H and O–H groups in total. The fraction of sp³-hybridized carbons (Fsp3) is 0.364. The summed E-state index contributed by atoms with van der Waals surface area (Å²) >= 11 is 0. The highest BCUT2D eigenvalue weighted by Crippen LogP contribution is 2.19. The van der Waals surface area contributed by atoms with E-state index in [4.69, 9.17) is 9.84 Å². The topological polar surface area (TPSA) is 89.7 Å². The zero-order valence-electron chi connectivity index (χ0n) is 9.54. The summed E-state index contributed by atoms with van der Waals surface area (Å²) in [5, 5.41) is 19.5. The van der Waals surface area contributed by atoms with Crippen molar-refractivity contribution < 1.29 is 19.6 Å². The molecule has 0 aliphatic carbocycles. The third kappa shape index (κ3) is 3.25. The number of hydrogen-bond donors (Lipinski definition) is 1. The van der Waals surface area contributed by atoms with E-state index in [0.29, 0.717) is 5.56 Å². The van der Waals surface area contributed by atoms with Crippen LogP contribution in [0.15, 0.2) is 18.2 Å². The number of hydrogen-bond acceptors (Lipinski definition) is 4. The van der Waals surface area contributed by atoms with E-state index in [1.54, 1.807) is 13.0 Å². The molecule has 0 heterocycles. The summed E-state index contributed by atoms with van der Waals surface area (Å²) in [6.07, 6.45) is -0.880. The highest BCUT2D eigenvalue weighted by molar-refractivity contribution is 5.72. The fourth-order valence-corrected chi connectivity index (χ4v) is 1.46. The summed E-state index contributed by atoms with van der Waals surface area (Å²) in [6.45, 7) is 1.77. The first-order valence-electron chi connectivity index (χ1n) is 4.95. The van der Waals surface area contributed by atoms with Crippen molar-refractivity contribution in [3.8, 4) is 0 Å². The maximum atomic E-state index is 10.8. The van der Waals surface area contributed by atoms with E-state index in [2.05, 4.69) is 0 Å². The molecule has 0 saturated carbocycles. The molecule has 17 heavy (non-hydrogen) atoms. The number of rotatable bonds is 5. The molecule has 0 fully saturated rings. The predicted molar refractivity (Wildman–Crippen MR) is 60.0 cm³/mol. The SMILES string of the molecule is COC(Cc1cc([N+](=O)[O-])ccc1C)C(=O)O. The number of nitro benzene ring substituents is 1. The number of carbonyl (C=O) groups is 1. The molecule has 92 valence electrons. The van der Waals surface area contributed by atoms with Crippen molar-refractivity contribution in [3.05, 3.63) is 39.4 Å². The minimum Gasteiger partial charge on any atom is -0.479 e. The van der Waals surface area contributed by atoms with Crippen LogP contribution >= 0.6 is 0 Å². The lowest BCUT2D eigenvalue weighted by Gasteiger charge is -2.12. The summed E-state index contributed by atoms with van der Waals surface area (Å²) in [5.41, 5.74) is 1.36. The number of methoxy groups -OCH3 is 1. The maximum absolute atomic E-state index is 10.8. The van der Waals surface area contributed by atoms with Gasteiger partial charge in [-0.3, -0.25) is 10.1 Å². The van der Waals surface area contributed by atoms with Gasteiger partial charge in [-0.25, -0.2) is 4.79 Å². The zero-order valence-corrected chi connectivity index (χ0v) is 9.54. The average Bonchev–Trinajstić information content (AvgIpc) is 2.27. The molecule has 6 nitrogen and oxygen atoms in total. The van der Waals surface area contributed by atoms with E-state index in [0.717, 1.165) is 5.56 Å². The molecule has 0 aliphatic heterocycles. The second-order valence-corrected chi connectivity index (χ2v) is 3.63. The van der Waals surface area contributed by atoms with Crippen molar-refractivity contribution in [2.24, 2.45) is 0 Å². The zero-order chi connectivity index (χ0) is 13.0. The Morgan fingerprint density at radius 1 is 1.59 bits per heavy atom. The summed E-state index contributed by atoms with van der Waals surface area (Å²) in [4.78, 5) is 20.9. The Kier molecular flexibility index (Phi) is 4.17. The van der Waals surface area contributed by atoms with Gasteiger partial charge in [0.25, 0.3) is 5.69 Å². The molecule has 1 aromatic carbocycles. The lowest BCUT2D eigenvalue weighted by molar-refractivity contribution is -0.384. The van der Waals surface area contributed by atoms with Gasteiger partial charge in [0, 0.05) is 25.7 Å². The van der Waals surface area contributed by atoms with Crippen LogP contribution in [0.4, 0.5) is 5.69 Å². The second kappa shape index (κ2) is 5.40. The molecule has 1 aromatic rings. The summed E-state index contributed by atoms with van der Waals surface area (Å²) in [7, 11) is 1.30. The smallest absolute Gasteiger partial charge is 0.333 e. The van der Waals surface area contributed by atoms with Crippen molar-refractivity contribution in [1.82, 2.24) is 0 Å². The molecular formula is C11H13NO5. The minimum absolute atomic E-state index is 0.0501. The number of aliphatic carboxylic acids is 1. The van der Waals surface area contributed by atoms with E-state index in [9.17, 15) is 14.9 Å². The maximum Gasteiger partial charge on any atom is 0.333 e. The van der Waals surface area contributed by atoms with Gasteiger partial charge in [0.1, 0.15) is 0 Å². The van der Waals surface area contributed by atoms with Crippen LogP contribution in [0, 0.1) is 17.0 Å². The first-order valence-corrected chi connectivity index (χ1v) is 4.95. The van der Waals surface area contributed by atoms with Crippen LogP contribution in [-0.4, -0.2) is 29.2 Å². The molecule has 0 radical (unpaired) electrons. The van der Waals surface area contributed by atoms with Crippen LogP contribution < -0.4 is 0 Å². The van der Waals surface area contributed by atoms with Gasteiger partial charge < -0.3 is 9.84 Å². The highest BCUT2D eigenvalue weighted by atomic mass is 16.6. The predicted octanol–water partition coefficient (Wildman–Crippen LogP) is 1.55. The van der Waals surface area contributed by atoms with Gasteiger partial charge in [0.05, 0.1) is 4.92 Å². The van der Waals surface area contributed by atoms with Gasteiger partial charge >= 0.3 is 5.97 Å². The number of nitrogens with zero attached hydrogens (tertiary/aromatic N) is 1. The first kappa shape index (κ1) is 13.1. The second-order valence-electron chi connectivity index (χ2n) is 3.63.